The van der Waals surface area contributed by atoms with Gasteiger partial charge < -0.3 is 10.4 Å². The number of rotatable bonds is 4. The van der Waals surface area contributed by atoms with Crippen molar-refractivity contribution in [3.63, 3.8) is 0 Å². The molecule has 4 heteroatoms. The van der Waals surface area contributed by atoms with Gasteiger partial charge in [-0.25, -0.2) is 0 Å². The molecule has 0 radical (unpaired) electrons. The molecule has 2 aromatic carbocycles. The Bertz CT molecular complexity index is 579. The predicted molar refractivity (Wildman–Crippen MR) is 74.4 cm³/mol. The lowest BCUT2D eigenvalue weighted by Gasteiger charge is -2.13. The van der Waals surface area contributed by atoms with Crippen LogP contribution in [0.2, 0.25) is 0 Å². The number of anilines is 1. The molecule has 0 heterocycles. The van der Waals surface area contributed by atoms with Gasteiger partial charge in [0.1, 0.15) is 11.4 Å². The van der Waals surface area contributed by atoms with Crippen molar-refractivity contribution in [2.24, 2.45) is 11.1 Å². The molecule has 0 amide bonds. The molecule has 2 aromatic rings. The molecule has 4 nitrogen and oxygen atoms in total. The molecule has 0 bridgehead atoms. The molecule has 0 aromatic heterocycles. The van der Waals surface area contributed by atoms with E-state index in [0.29, 0.717) is 28.1 Å². The Morgan fingerprint density at radius 2 is 1.94 bits per heavy atom. The minimum Gasteiger partial charge on any atom is -0.505 e. The van der Waals surface area contributed by atoms with E-state index in [0.717, 1.165) is 6.54 Å². The van der Waals surface area contributed by atoms with Crippen LogP contribution < -0.4 is 5.32 Å². The summed E-state index contributed by atoms with van der Waals surface area (Å²) in [5.41, 5.74) is 0.895. The first-order chi connectivity index (χ1) is 8.63. The van der Waals surface area contributed by atoms with Crippen LogP contribution in [0.5, 0.6) is 5.75 Å². The van der Waals surface area contributed by atoms with E-state index in [2.05, 4.69) is 24.3 Å². The quantitative estimate of drug-likeness (QED) is 0.631. The van der Waals surface area contributed by atoms with Gasteiger partial charge in [-0.1, -0.05) is 38.1 Å². The fourth-order valence-corrected chi connectivity index (χ4v) is 1.87. The first-order valence-electron chi connectivity index (χ1n) is 5.95. The maximum absolute atomic E-state index is 10.9. The van der Waals surface area contributed by atoms with Crippen molar-refractivity contribution >= 4 is 22.1 Å². The SMILES string of the molecule is CC(C)CNc1cc(N=O)c2ccccc2c1O. The van der Waals surface area contributed by atoms with Crippen molar-refractivity contribution in [3.05, 3.63) is 35.2 Å². The largest absolute Gasteiger partial charge is 0.505 e. The van der Waals surface area contributed by atoms with Crippen molar-refractivity contribution in [1.29, 1.82) is 0 Å². The number of hydrogen-bond donors (Lipinski definition) is 2. The predicted octanol–water partition coefficient (Wildman–Crippen LogP) is 4.01. The van der Waals surface area contributed by atoms with Crippen molar-refractivity contribution in [1.82, 2.24) is 0 Å². The number of phenolic OH excluding ortho intramolecular Hbond substituents is 1. The number of phenols is 1. The summed E-state index contributed by atoms with van der Waals surface area (Å²) in [6, 6.07) is 8.78. The Hall–Kier alpha value is -2.10. The summed E-state index contributed by atoms with van der Waals surface area (Å²) < 4.78 is 0. The molecule has 94 valence electrons. The number of nitroso groups, excluding NO2 is 1. The van der Waals surface area contributed by atoms with Crippen molar-refractivity contribution in [2.45, 2.75) is 13.8 Å². The lowest BCUT2D eigenvalue weighted by Crippen LogP contribution is -2.07. The summed E-state index contributed by atoms with van der Waals surface area (Å²) in [5, 5.41) is 17.6. The molecule has 0 saturated carbocycles. The lowest BCUT2D eigenvalue weighted by atomic mass is 10.1. The molecule has 0 aliphatic carbocycles. The van der Waals surface area contributed by atoms with E-state index in [1.165, 1.54) is 0 Å². The number of benzene rings is 2. The van der Waals surface area contributed by atoms with Crippen LogP contribution in [0.3, 0.4) is 0 Å². The Kier molecular flexibility index (Phi) is 3.46. The summed E-state index contributed by atoms with van der Waals surface area (Å²) in [7, 11) is 0. The monoisotopic (exact) mass is 244 g/mol. The topological polar surface area (TPSA) is 61.7 Å². The standard InChI is InChI=1S/C14H16N2O2/c1-9(2)8-15-13-7-12(16-18)10-5-3-4-6-11(10)14(13)17/h3-7,9,15,17H,8H2,1-2H3. The molecular weight excluding hydrogens is 228 g/mol. The highest BCUT2D eigenvalue weighted by Crippen LogP contribution is 2.39. The van der Waals surface area contributed by atoms with Crippen molar-refractivity contribution in [2.75, 3.05) is 11.9 Å². The molecule has 0 atom stereocenters. The van der Waals surface area contributed by atoms with Gasteiger partial charge in [0.25, 0.3) is 0 Å². The fraction of sp³-hybridized carbons (Fsp3) is 0.286. The Morgan fingerprint density at radius 1 is 1.28 bits per heavy atom. The molecule has 0 aliphatic rings. The first kappa shape index (κ1) is 12.4. The number of aromatic hydroxyl groups is 1. The van der Waals surface area contributed by atoms with E-state index >= 15 is 0 Å². The van der Waals surface area contributed by atoms with Crippen molar-refractivity contribution in [3.8, 4) is 5.75 Å². The molecule has 0 fully saturated rings. The van der Waals surface area contributed by atoms with E-state index in [9.17, 15) is 10.0 Å². The van der Waals surface area contributed by atoms with Gasteiger partial charge in [-0.3, -0.25) is 0 Å². The number of hydrogen-bond acceptors (Lipinski definition) is 4. The van der Waals surface area contributed by atoms with Gasteiger partial charge in [0.15, 0.2) is 0 Å². The Balaban J connectivity index is 2.54. The fourth-order valence-electron chi connectivity index (χ4n) is 1.87. The summed E-state index contributed by atoms with van der Waals surface area (Å²) >= 11 is 0. The van der Waals surface area contributed by atoms with Gasteiger partial charge >= 0.3 is 0 Å². The first-order valence-corrected chi connectivity index (χ1v) is 5.95. The third-order valence-electron chi connectivity index (χ3n) is 2.79. The van der Waals surface area contributed by atoms with E-state index < -0.39 is 0 Å². The zero-order valence-electron chi connectivity index (χ0n) is 10.5. The third-order valence-corrected chi connectivity index (χ3v) is 2.79. The van der Waals surface area contributed by atoms with Crippen LogP contribution in [0, 0.1) is 10.8 Å². The summed E-state index contributed by atoms with van der Waals surface area (Å²) in [4.78, 5) is 10.9. The van der Waals surface area contributed by atoms with Crippen LogP contribution in [0.1, 0.15) is 13.8 Å². The van der Waals surface area contributed by atoms with Gasteiger partial charge in [0.2, 0.25) is 0 Å². The normalized spacial score (nSPS) is 10.8. The molecule has 0 spiro atoms. The van der Waals surface area contributed by atoms with Gasteiger partial charge in [0, 0.05) is 17.3 Å². The summed E-state index contributed by atoms with van der Waals surface area (Å²) in [6.07, 6.45) is 0. The average molecular weight is 244 g/mol. The van der Waals surface area contributed by atoms with E-state index in [1.807, 2.05) is 12.1 Å². The second-order valence-electron chi connectivity index (χ2n) is 4.70. The van der Waals surface area contributed by atoms with Crippen LogP contribution >= 0.6 is 0 Å². The zero-order valence-corrected chi connectivity index (χ0v) is 10.5. The molecule has 0 unspecified atom stereocenters. The van der Waals surface area contributed by atoms with Crippen LogP contribution in [0.25, 0.3) is 10.8 Å². The summed E-state index contributed by atoms with van der Waals surface area (Å²) in [5.74, 6) is 0.613. The average Bonchev–Trinajstić information content (AvgIpc) is 2.38. The minimum absolute atomic E-state index is 0.165. The molecule has 2 N–H and O–H groups in total. The number of nitrogens with one attached hydrogen (secondary N) is 1. The molecular formula is C14H16N2O2. The highest BCUT2D eigenvalue weighted by molar-refractivity contribution is 6.00. The van der Waals surface area contributed by atoms with Gasteiger partial charge in [-0.15, -0.1) is 4.91 Å². The molecule has 18 heavy (non-hydrogen) atoms. The van der Waals surface area contributed by atoms with Gasteiger partial charge in [-0.05, 0) is 17.2 Å². The second-order valence-corrected chi connectivity index (χ2v) is 4.70. The van der Waals surface area contributed by atoms with Gasteiger partial charge in [0.05, 0.1) is 5.69 Å². The Labute approximate surface area is 106 Å². The van der Waals surface area contributed by atoms with Crippen molar-refractivity contribution < 1.29 is 5.11 Å². The molecule has 0 aliphatic heterocycles. The maximum Gasteiger partial charge on any atom is 0.146 e. The maximum atomic E-state index is 10.9. The third kappa shape index (κ3) is 2.27. The zero-order chi connectivity index (χ0) is 13.1. The van der Waals surface area contributed by atoms with Crippen LogP contribution in [-0.4, -0.2) is 11.7 Å². The smallest absolute Gasteiger partial charge is 0.146 e. The summed E-state index contributed by atoms with van der Waals surface area (Å²) in [6.45, 7) is 4.87. The number of nitrogens with zero attached hydrogens (tertiary/aromatic N) is 1. The number of fused-ring (bicyclic) bond motifs is 1. The van der Waals surface area contributed by atoms with Gasteiger partial charge in [-0.2, -0.15) is 0 Å². The second kappa shape index (κ2) is 5.04. The van der Waals surface area contributed by atoms with Crippen LogP contribution in [0.4, 0.5) is 11.4 Å². The van der Waals surface area contributed by atoms with E-state index in [4.69, 9.17) is 0 Å². The minimum atomic E-state index is 0.165. The highest BCUT2D eigenvalue weighted by atomic mass is 16.3. The highest BCUT2D eigenvalue weighted by Gasteiger charge is 2.11. The van der Waals surface area contributed by atoms with Crippen LogP contribution in [0.15, 0.2) is 35.5 Å². The van der Waals surface area contributed by atoms with E-state index in [1.54, 1.807) is 18.2 Å². The van der Waals surface area contributed by atoms with E-state index in [-0.39, 0.29) is 5.75 Å². The molecule has 0 saturated heterocycles. The van der Waals surface area contributed by atoms with Crippen LogP contribution in [-0.2, 0) is 0 Å². The molecule has 2 rings (SSSR count). The lowest BCUT2D eigenvalue weighted by molar-refractivity contribution is 0.483. The Morgan fingerprint density at radius 3 is 2.56 bits per heavy atom.